The second kappa shape index (κ2) is 4.72. The molecule has 0 bridgehead atoms. The Morgan fingerprint density at radius 2 is 2.25 bits per heavy atom. The molecule has 88 valence electrons. The highest BCUT2D eigenvalue weighted by Gasteiger charge is 2.24. The summed E-state index contributed by atoms with van der Waals surface area (Å²) in [5.74, 6) is 1.10. The van der Waals surface area contributed by atoms with Gasteiger partial charge in [0.05, 0.1) is 0 Å². The highest BCUT2D eigenvalue weighted by molar-refractivity contribution is 9.10. The number of pyridine rings is 1. The minimum Gasteiger partial charge on any atom is -0.355 e. The Bertz CT molecular complexity index is 379. The van der Waals surface area contributed by atoms with Gasteiger partial charge in [-0.2, -0.15) is 0 Å². The van der Waals surface area contributed by atoms with Gasteiger partial charge >= 0.3 is 0 Å². The lowest BCUT2D eigenvalue weighted by atomic mass is 10.2. The Morgan fingerprint density at radius 1 is 1.50 bits per heavy atom. The molecule has 1 fully saturated rings. The number of aryl methyl sites for hydroxylation is 1. The molecule has 0 aliphatic carbocycles. The van der Waals surface area contributed by atoms with Crippen LogP contribution in [0.5, 0.6) is 0 Å². The number of rotatable bonds is 2. The molecule has 16 heavy (non-hydrogen) atoms. The van der Waals surface area contributed by atoms with Crippen LogP contribution >= 0.6 is 15.9 Å². The Morgan fingerprint density at radius 3 is 2.81 bits per heavy atom. The van der Waals surface area contributed by atoms with Gasteiger partial charge in [-0.1, -0.05) is 0 Å². The van der Waals surface area contributed by atoms with Crippen molar-refractivity contribution in [3.05, 3.63) is 22.3 Å². The minimum atomic E-state index is 0.658. The zero-order valence-corrected chi connectivity index (χ0v) is 11.7. The highest BCUT2D eigenvalue weighted by Crippen LogP contribution is 2.24. The first-order valence-electron chi connectivity index (χ1n) is 5.61. The molecule has 0 amide bonds. The second-order valence-corrected chi connectivity index (χ2v) is 5.50. The van der Waals surface area contributed by atoms with E-state index < -0.39 is 0 Å². The standard InChI is InChI=1S/C12H18BrN3/c1-9-6-12(14-7-11(9)13)16-5-4-10(8-16)15(2)3/h6-7,10H,4-5,8H2,1-3H3. The van der Waals surface area contributed by atoms with E-state index in [0.29, 0.717) is 6.04 Å². The van der Waals surface area contributed by atoms with Gasteiger partial charge in [-0.05, 0) is 55.0 Å². The first-order chi connectivity index (χ1) is 7.58. The summed E-state index contributed by atoms with van der Waals surface area (Å²) in [7, 11) is 4.29. The normalized spacial score (nSPS) is 20.8. The number of hydrogen-bond donors (Lipinski definition) is 0. The molecule has 1 aromatic rings. The van der Waals surface area contributed by atoms with Crippen molar-refractivity contribution in [1.82, 2.24) is 9.88 Å². The third-order valence-electron chi connectivity index (χ3n) is 3.25. The minimum absolute atomic E-state index is 0.658. The number of likely N-dealkylation sites (N-methyl/N-ethyl adjacent to an activating group) is 1. The number of aromatic nitrogens is 1. The van der Waals surface area contributed by atoms with Crippen LogP contribution in [0.3, 0.4) is 0 Å². The lowest BCUT2D eigenvalue weighted by molar-refractivity contribution is 0.315. The third kappa shape index (κ3) is 2.38. The van der Waals surface area contributed by atoms with Gasteiger partial charge in [0.1, 0.15) is 5.82 Å². The first-order valence-corrected chi connectivity index (χ1v) is 6.40. The van der Waals surface area contributed by atoms with Gasteiger partial charge in [-0.3, -0.25) is 0 Å². The van der Waals surface area contributed by atoms with Gasteiger partial charge in [0.25, 0.3) is 0 Å². The van der Waals surface area contributed by atoms with Crippen LogP contribution in [0.4, 0.5) is 5.82 Å². The maximum Gasteiger partial charge on any atom is 0.128 e. The van der Waals surface area contributed by atoms with Crippen LogP contribution in [-0.4, -0.2) is 43.1 Å². The quantitative estimate of drug-likeness (QED) is 0.830. The van der Waals surface area contributed by atoms with Crippen LogP contribution in [0, 0.1) is 6.92 Å². The van der Waals surface area contributed by atoms with E-state index in [1.54, 1.807) is 0 Å². The predicted octanol–water partition coefficient (Wildman–Crippen LogP) is 2.29. The van der Waals surface area contributed by atoms with E-state index in [4.69, 9.17) is 0 Å². The Hall–Kier alpha value is -0.610. The van der Waals surface area contributed by atoms with Crippen molar-refractivity contribution >= 4 is 21.7 Å². The summed E-state index contributed by atoms with van der Waals surface area (Å²) in [5.41, 5.74) is 1.25. The Labute approximate surface area is 106 Å². The van der Waals surface area contributed by atoms with Crippen molar-refractivity contribution in [1.29, 1.82) is 0 Å². The van der Waals surface area contributed by atoms with E-state index in [1.165, 1.54) is 12.0 Å². The molecule has 1 aliphatic rings. The smallest absolute Gasteiger partial charge is 0.128 e. The number of halogens is 1. The molecule has 1 aliphatic heterocycles. The van der Waals surface area contributed by atoms with Crippen molar-refractivity contribution in [3.8, 4) is 0 Å². The molecule has 0 N–H and O–H groups in total. The predicted molar refractivity (Wildman–Crippen MR) is 71.0 cm³/mol. The van der Waals surface area contributed by atoms with E-state index >= 15 is 0 Å². The van der Waals surface area contributed by atoms with E-state index in [-0.39, 0.29) is 0 Å². The molecule has 1 atom stereocenters. The summed E-state index contributed by atoms with van der Waals surface area (Å²) in [6.45, 7) is 4.30. The van der Waals surface area contributed by atoms with Crippen LogP contribution in [0.25, 0.3) is 0 Å². The van der Waals surface area contributed by atoms with E-state index in [9.17, 15) is 0 Å². The highest BCUT2D eigenvalue weighted by atomic mass is 79.9. The molecule has 0 spiro atoms. The van der Waals surface area contributed by atoms with Crippen LogP contribution in [0.1, 0.15) is 12.0 Å². The van der Waals surface area contributed by atoms with Crippen LogP contribution in [0.2, 0.25) is 0 Å². The topological polar surface area (TPSA) is 19.4 Å². The van der Waals surface area contributed by atoms with Gasteiger partial charge in [-0.25, -0.2) is 4.98 Å². The number of hydrogen-bond acceptors (Lipinski definition) is 3. The zero-order valence-electron chi connectivity index (χ0n) is 10.1. The van der Waals surface area contributed by atoms with Crippen LogP contribution in [-0.2, 0) is 0 Å². The maximum absolute atomic E-state index is 4.48. The Kier molecular flexibility index (Phi) is 3.50. The lowest BCUT2D eigenvalue weighted by Crippen LogP contribution is -2.31. The molecule has 1 saturated heterocycles. The zero-order chi connectivity index (χ0) is 11.7. The van der Waals surface area contributed by atoms with Gasteiger partial charge < -0.3 is 9.80 Å². The molecule has 3 nitrogen and oxygen atoms in total. The molecular weight excluding hydrogens is 266 g/mol. The average molecular weight is 284 g/mol. The summed E-state index contributed by atoms with van der Waals surface area (Å²) < 4.78 is 1.08. The van der Waals surface area contributed by atoms with Crippen molar-refractivity contribution in [2.75, 3.05) is 32.1 Å². The van der Waals surface area contributed by atoms with E-state index in [2.05, 4.69) is 57.8 Å². The average Bonchev–Trinajstić information content (AvgIpc) is 2.71. The molecule has 2 heterocycles. The molecule has 0 radical (unpaired) electrons. The van der Waals surface area contributed by atoms with E-state index in [0.717, 1.165) is 23.4 Å². The van der Waals surface area contributed by atoms with Crippen molar-refractivity contribution in [3.63, 3.8) is 0 Å². The fourth-order valence-electron chi connectivity index (χ4n) is 2.07. The molecule has 0 saturated carbocycles. The molecular formula is C12H18BrN3. The third-order valence-corrected chi connectivity index (χ3v) is 4.08. The summed E-state index contributed by atoms with van der Waals surface area (Å²) in [4.78, 5) is 9.14. The lowest BCUT2D eigenvalue weighted by Gasteiger charge is -2.21. The molecule has 4 heteroatoms. The van der Waals surface area contributed by atoms with Crippen LogP contribution in [0.15, 0.2) is 16.7 Å². The van der Waals surface area contributed by atoms with Gasteiger partial charge in [0.15, 0.2) is 0 Å². The molecule has 1 aromatic heterocycles. The monoisotopic (exact) mass is 283 g/mol. The molecule has 0 aromatic carbocycles. The largest absolute Gasteiger partial charge is 0.355 e. The van der Waals surface area contributed by atoms with Crippen LogP contribution < -0.4 is 4.90 Å². The second-order valence-electron chi connectivity index (χ2n) is 4.64. The fraction of sp³-hybridized carbons (Fsp3) is 0.583. The SMILES string of the molecule is Cc1cc(N2CCC(N(C)C)C2)ncc1Br. The van der Waals surface area contributed by atoms with Crippen molar-refractivity contribution < 1.29 is 0 Å². The van der Waals surface area contributed by atoms with Gasteiger partial charge in [-0.15, -0.1) is 0 Å². The van der Waals surface area contributed by atoms with Crippen molar-refractivity contribution in [2.45, 2.75) is 19.4 Å². The maximum atomic E-state index is 4.48. The summed E-state index contributed by atoms with van der Waals surface area (Å²) in [6.07, 6.45) is 3.12. The number of anilines is 1. The summed E-state index contributed by atoms with van der Waals surface area (Å²) in [6, 6.07) is 2.81. The Balaban J connectivity index is 2.11. The number of nitrogens with zero attached hydrogens (tertiary/aromatic N) is 3. The summed E-state index contributed by atoms with van der Waals surface area (Å²) in [5, 5.41) is 0. The van der Waals surface area contributed by atoms with Gasteiger partial charge in [0.2, 0.25) is 0 Å². The van der Waals surface area contributed by atoms with E-state index in [1.807, 2.05) is 6.20 Å². The molecule has 2 rings (SSSR count). The summed E-state index contributed by atoms with van der Waals surface area (Å²) >= 11 is 3.48. The fourth-order valence-corrected chi connectivity index (χ4v) is 2.29. The van der Waals surface area contributed by atoms with Gasteiger partial charge in [0, 0.05) is 29.8 Å². The molecule has 1 unspecified atom stereocenters. The van der Waals surface area contributed by atoms with Crippen molar-refractivity contribution in [2.24, 2.45) is 0 Å². The first kappa shape index (κ1) is 11.9.